The second kappa shape index (κ2) is 10.0. The maximum absolute atomic E-state index is 13.9. The molecule has 0 bridgehead atoms. The third-order valence-corrected chi connectivity index (χ3v) is 6.64. The van der Waals surface area contributed by atoms with E-state index in [-0.39, 0.29) is 5.82 Å². The van der Waals surface area contributed by atoms with Crippen molar-refractivity contribution in [2.45, 2.75) is 52.6 Å². The fourth-order valence-electron chi connectivity index (χ4n) is 4.76. The molecule has 1 aromatic carbocycles. The standard InChI is InChI=1S/C28H33FN6O2/c1-5-22-14-25(34(27(36)37-28(2,3)4)17-18-8-10-30-11-9-18)33-26-23(16-32-35(22)26)20-12-19-13-21(29)6-7-24(19)31-15-20/h6-7,12-16,18,30H,5,8-11,17H2,1-4H3. The van der Waals surface area contributed by atoms with Crippen molar-refractivity contribution in [2.24, 2.45) is 5.92 Å². The molecule has 9 heteroatoms. The highest BCUT2D eigenvalue weighted by atomic mass is 19.1. The van der Waals surface area contributed by atoms with Gasteiger partial charge in [-0.2, -0.15) is 5.10 Å². The summed E-state index contributed by atoms with van der Waals surface area (Å²) in [6.07, 6.45) is 5.76. The van der Waals surface area contributed by atoms with Gasteiger partial charge >= 0.3 is 6.09 Å². The zero-order chi connectivity index (χ0) is 26.2. The van der Waals surface area contributed by atoms with Crippen molar-refractivity contribution in [3.63, 3.8) is 0 Å². The minimum Gasteiger partial charge on any atom is -0.443 e. The summed E-state index contributed by atoms with van der Waals surface area (Å²) in [4.78, 5) is 24.5. The lowest BCUT2D eigenvalue weighted by molar-refractivity contribution is 0.0571. The van der Waals surface area contributed by atoms with Gasteiger partial charge < -0.3 is 10.1 Å². The van der Waals surface area contributed by atoms with Crippen LogP contribution in [0.1, 0.15) is 46.2 Å². The first kappa shape index (κ1) is 25.1. The van der Waals surface area contributed by atoms with Crippen molar-refractivity contribution in [1.82, 2.24) is 24.9 Å². The number of carbonyl (C=O) groups is 1. The molecular weight excluding hydrogens is 471 g/mol. The van der Waals surface area contributed by atoms with E-state index in [0.717, 1.165) is 42.8 Å². The van der Waals surface area contributed by atoms with E-state index >= 15 is 0 Å². The molecule has 194 valence electrons. The summed E-state index contributed by atoms with van der Waals surface area (Å²) in [6, 6.07) is 8.35. The molecule has 1 saturated heterocycles. The van der Waals surface area contributed by atoms with Gasteiger partial charge in [-0.25, -0.2) is 18.7 Å². The number of aryl methyl sites for hydroxylation is 1. The van der Waals surface area contributed by atoms with Crippen molar-refractivity contribution < 1.29 is 13.9 Å². The molecule has 1 N–H and O–H groups in total. The van der Waals surface area contributed by atoms with E-state index in [1.807, 2.05) is 39.8 Å². The maximum atomic E-state index is 13.9. The summed E-state index contributed by atoms with van der Waals surface area (Å²) in [7, 11) is 0. The molecule has 0 unspecified atom stereocenters. The predicted octanol–water partition coefficient (Wildman–Crippen LogP) is 5.39. The molecule has 1 aliphatic heterocycles. The van der Waals surface area contributed by atoms with Gasteiger partial charge in [0.15, 0.2) is 5.65 Å². The Hall–Kier alpha value is -3.59. The lowest BCUT2D eigenvalue weighted by atomic mass is 9.97. The molecule has 0 saturated carbocycles. The van der Waals surface area contributed by atoms with E-state index in [0.29, 0.717) is 41.3 Å². The first-order valence-corrected chi connectivity index (χ1v) is 12.9. The molecule has 0 atom stereocenters. The van der Waals surface area contributed by atoms with Crippen LogP contribution < -0.4 is 10.2 Å². The van der Waals surface area contributed by atoms with Gasteiger partial charge in [-0.05, 0) is 83.3 Å². The summed E-state index contributed by atoms with van der Waals surface area (Å²) in [5.41, 5.74) is 3.16. The number of carbonyl (C=O) groups excluding carboxylic acids is 1. The summed E-state index contributed by atoms with van der Waals surface area (Å²) in [6.45, 7) is 10.0. The van der Waals surface area contributed by atoms with Crippen LogP contribution in [0.5, 0.6) is 0 Å². The summed E-state index contributed by atoms with van der Waals surface area (Å²) in [5.74, 6) is 0.574. The number of aromatic nitrogens is 4. The number of benzene rings is 1. The van der Waals surface area contributed by atoms with Crippen molar-refractivity contribution in [3.8, 4) is 11.1 Å². The number of hydrogen-bond acceptors (Lipinski definition) is 6. The van der Waals surface area contributed by atoms with Crippen LogP contribution in [0.25, 0.3) is 27.7 Å². The number of nitrogens with one attached hydrogen (secondary N) is 1. The van der Waals surface area contributed by atoms with Crippen LogP contribution in [0.2, 0.25) is 0 Å². The molecule has 0 spiro atoms. The third kappa shape index (κ3) is 5.41. The molecule has 5 rings (SSSR count). The molecule has 1 amide bonds. The molecule has 0 aliphatic carbocycles. The fraction of sp³-hybridized carbons (Fsp3) is 0.429. The number of halogens is 1. The number of fused-ring (bicyclic) bond motifs is 2. The number of nitrogens with zero attached hydrogens (tertiary/aromatic N) is 5. The predicted molar refractivity (Wildman–Crippen MR) is 142 cm³/mol. The number of pyridine rings is 1. The molecular formula is C28H33FN6O2. The number of piperidine rings is 1. The molecule has 4 aromatic rings. The van der Waals surface area contributed by atoms with Gasteiger partial charge in [0.25, 0.3) is 0 Å². The number of hydrogen-bond donors (Lipinski definition) is 1. The first-order chi connectivity index (χ1) is 17.7. The number of ether oxygens (including phenoxy) is 1. The molecule has 3 aromatic heterocycles. The maximum Gasteiger partial charge on any atom is 0.416 e. The van der Waals surface area contributed by atoms with E-state index in [1.54, 1.807) is 27.9 Å². The lowest BCUT2D eigenvalue weighted by Gasteiger charge is -2.31. The Bertz CT molecular complexity index is 1440. The van der Waals surface area contributed by atoms with Crippen molar-refractivity contribution >= 4 is 28.5 Å². The van der Waals surface area contributed by atoms with Gasteiger partial charge in [-0.3, -0.25) is 9.88 Å². The average Bonchev–Trinajstić information content (AvgIpc) is 3.30. The Morgan fingerprint density at radius 2 is 1.97 bits per heavy atom. The van der Waals surface area contributed by atoms with Gasteiger partial charge in [-0.1, -0.05) is 6.92 Å². The highest BCUT2D eigenvalue weighted by Crippen LogP contribution is 2.30. The van der Waals surface area contributed by atoms with Gasteiger partial charge in [0.1, 0.15) is 17.2 Å². The zero-order valence-corrected chi connectivity index (χ0v) is 21.8. The highest BCUT2D eigenvalue weighted by Gasteiger charge is 2.29. The van der Waals surface area contributed by atoms with Crippen LogP contribution in [0, 0.1) is 11.7 Å². The average molecular weight is 505 g/mol. The first-order valence-electron chi connectivity index (χ1n) is 12.9. The van der Waals surface area contributed by atoms with Crippen LogP contribution in [0.4, 0.5) is 15.0 Å². The second-order valence-corrected chi connectivity index (χ2v) is 10.6. The normalized spacial score (nSPS) is 14.8. The highest BCUT2D eigenvalue weighted by molar-refractivity contribution is 5.89. The smallest absolute Gasteiger partial charge is 0.416 e. The summed E-state index contributed by atoms with van der Waals surface area (Å²) >= 11 is 0. The van der Waals surface area contributed by atoms with E-state index < -0.39 is 11.7 Å². The van der Waals surface area contributed by atoms with Crippen LogP contribution in [-0.4, -0.2) is 50.9 Å². The Morgan fingerprint density at radius 3 is 2.70 bits per heavy atom. The fourth-order valence-corrected chi connectivity index (χ4v) is 4.76. The Morgan fingerprint density at radius 1 is 1.19 bits per heavy atom. The summed E-state index contributed by atoms with van der Waals surface area (Å²) < 4.78 is 21.5. The minimum absolute atomic E-state index is 0.314. The quantitative estimate of drug-likeness (QED) is 0.392. The van der Waals surface area contributed by atoms with Gasteiger partial charge in [0.2, 0.25) is 0 Å². The van der Waals surface area contributed by atoms with Crippen molar-refractivity contribution in [2.75, 3.05) is 24.5 Å². The van der Waals surface area contributed by atoms with Crippen LogP contribution >= 0.6 is 0 Å². The molecule has 8 nitrogen and oxygen atoms in total. The van der Waals surface area contributed by atoms with Crippen LogP contribution in [0.15, 0.2) is 42.7 Å². The monoisotopic (exact) mass is 504 g/mol. The Labute approximate surface area is 215 Å². The topological polar surface area (TPSA) is 84.7 Å². The Balaban J connectivity index is 1.61. The SMILES string of the molecule is CCc1cc(N(CC2CCNCC2)C(=O)OC(C)(C)C)nc2c(-c3cnc4ccc(F)cc4c3)cnn12. The largest absolute Gasteiger partial charge is 0.443 e. The molecule has 37 heavy (non-hydrogen) atoms. The Kier molecular flexibility index (Phi) is 6.81. The molecule has 1 fully saturated rings. The minimum atomic E-state index is -0.630. The van der Waals surface area contributed by atoms with Gasteiger partial charge in [-0.15, -0.1) is 0 Å². The van der Waals surface area contributed by atoms with Gasteiger partial charge in [0.05, 0.1) is 11.7 Å². The van der Waals surface area contributed by atoms with E-state index in [2.05, 4.69) is 15.4 Å². The van der Waals surface area contributed by atoms with Crippen LogP contribution in [-0.2, 0) is 11.2 Å². The molecule has 1 aliphatic rings. The zero-order valence-electron chi connectivity index (χ0n) is 21.8. The number of rotatable bonds is 5. The molecule has 4 heterocycles. The summed E-state index contributed by atoms with van der Waals surface area (Å²) in [5, 5.41) is 8.68. The number of amides is 1. The molecule has 0 radical (unpaired) electrons. The third-order valence-electron chi connectivity index (χ3n) is 6.64. The lowest BCUT2D eigenvalue weighted by Crippen LogP contribution is -2.42. The number of anilines is 1. The van der Waals surface area contributed by atoms with Crippen molar-refractivity contribution in [3.05, 3.63) is 54.2 Å². The van der Waals surface area contributed by atoms with E-state index in [1.165, 1.54) is 12.1 Å². The van der Waals surface area contributed by atoms with E-state index in [9.17, 15) is 9.18 Å². The van der Waals surface area contributed by atoms with Gasteiger partial charge in [0, 0.05) is 41.0 Å². The van der Waals surface area contributed by atoms with Crippen molar-refractivity contribution in [1.29, 1.82) is 0 Å². The second-order valence-electron chi connectivity index (χ2n) is 10.6. The van der Waals surface area contributed by atoms with E-state index in [4.69, 9.17) is 9.72 Å². The van der Waals surface area contributed by atoms with Crippen LogP contribution in [0.3, 0.4) is 0 Å².